The Morgan fingerprint density at radius 3 is 2.40 bits per heavy atom. The van der Waals surface area contributed by atoms with Gasteiger partial charge in [-0.15, -0.1) is 0 Å². The van der Waals surface area contributed by atoms with Crippen LogP contribution in [0.4, 0.5) is 0 Å². The Hall–Kier alpha value is -1.83. The van der Waals surface area contributed by atoms with Gasteiger partial charge in [0.2, 0.25) is 0 Å². The number of hydrogen-bond acceptors (Lipinski definition) is 5. The summed E-state index contributed by atoms with van der Waals surface area (Å²) >= 11 is 12.0. The second-order valence-corrected chi connectivity index (χ2v) is 8.12. The number of carboxylic acids is 1. The third-order valence-corrected chi connectivity index (χ3v) is 5.56. The number of amidine groups is 1. The first-order chi connectivity index (χ1) is 14.5. The number of hydrogen-bond donors (Lipinski definition) is 4. The standard InChI is InChI=1S/C21H30Cl2N4O3/c22-15-8-7-9-16(23)19(15)20(28)27-17(21(29)30)10-5-3-1-2-4-6-11-25-18-14-24-12-13-26-18/h7-9,17,24H,1-6,10-14H2,(H,25,26)(H,27,28)(H,29,30)/t17-/m1/s1. The molecule has 0 saturated carbocycles. The number of halogens is 2. The van der Waals surface area contributed by atoms with Gasteiger partial charge in [0.05, 0.1) is 28.7 Å². The van der Waals surface area contributed by atoms with Crippen LogP contribution in [0.2, 0.25) is 10.0 Å². The molecule has 0 radical (unpaired) electrons. The summed E-state index contributed by atoms with van der Waals surface area (Å²) < 4.78 is 0. The van der Waals surface area contributed by atoms with E-state index in [1.807, 2.05) is 0 Å². The van der Waals surface area contributed by atoms with E-state index in [1.165, 1.54) is 0 Å². The van der Waals surface area contributed by atoms with Gasteiger partial charge in [0, 0.05) is 13.1 Å². The topological polar surface area (TPSA) is 103 Å². The fourth-order valence-electron chi connectivity index (χ4n) is 3.27. The first kappa shape index (κ1) is 24.4. The first-order valence-corrected chi connectivity index (χ1v) is 11.2. The van der Waals surface area contributed by atoms with Crippen LogP contribution in [0.5, 0.6) is 0 Å². The number of carboxylic acid groups (broad SMARTS) is 1. The van der Waals surface area contributed by atoms with Gasteiger partial charge in [-0.25, -0.2) is 4.79 Å². The lowest BCUT2D eigenvalue weighted by Crippen LogP contribution is -2.41. The third kappa shape index (κ3) is 8.50. The minimum Gasteiger partial charge on any atom is -0.480 e. The lowest BCUT2D eigenvalue weighted by Gasteiger charge is -2.16. The molecule has 4 N–H and O–H groups in total. The highest BCUT2D eigenvalue weighted by Gasteiger charge is 2.22. The average Bonchev–Trinajstić information content (AvgIpc) is 2.72. The molecule has 1 aromatic carbocycles. The van der Waals surface area contributed by atoms with Crippen molar-refractivity contribution in [3.05, 3.63) is 33.8 Å². The number of unbranched alkanes of at least 4 members (excludes halogenated alkanes) is 5. The number of amides is 1. The molecule has 1 atom stereocenters. The average molecular weight is 457 g/mol. The molecule has 166 valence electrons. The molecule has 0 fully saturated rings. The first-order valence-electron chi connectivity index (χ1n) is 10.4. The number of nitrogens with zero attached hydrogens (tertiary/aromatic N) is 1. The molecule has 1 aliphatic heterocycles. The van der Waals surface area contributed by atoms with Crippen molar-refractivity contribution in [3.8, 4) is 0 Å². The van der Waals surface area contributed by atoms with Crippen molar-refractivity contribution >= 4 is 40.9 Å². The highest BCUT2D eigenvalue weighted by atomic mass is 35.5. The van der Waals surface area contributed by atoms with Crippen molar-refractivity contribution in [1.82, 2.24) is 16.0 Å². The Labute approximate surface area is 187 Å². The summed E-state index contributed by atoms with van der Waals surface area (Å²) in [5.41, 5.74) is 0.107. The van der Waals surface area contributed by atoms with Gasteiger partial charge >= 0.3 is 5.97 Å². The lowest BCUT2D eigenvalue weighted by molar-refractivity contribution is -0.139. The number of aliphatic carboxylic acids is 1. The van der Waals surface area contributed by atoms with E-state index in [2.05, 4.69) is 20.9 Å². The van der Waals surface area contributed by atoms with Gasteiger partial charge in [-0.1, -0.05) is 61.4 Å². The van der Waals surface area contributed by atoms with Crippen LogP contribution in [0, 0.1) is 0 Å². The summed E-state index contributed by atoms with van der Waals surface area (Å²) in [6.07, 6.45) is 6.39. The van der Waals surface area contributed by atoms with Gasteiger partial charge in [0.25, 0.3) is 5.91 Å². The van der Waals surface area contributed by atoms with E-state index in [-0.39, 0.29) is 15.6 Å². The normalized spacial score (nSPS) is 14.7. The minimum absolute atomic E-state index is 0.107. The molecular weight excluding hydrogens is 427 g/mol. The highest BCUT2D eigenvalue weighted by molar-refractivity contribution is 6.39. The second-order valence-electron chi connectivity index (χ2n) is 7.30. The molecule has 0 saturated heterocycles. The Balaban J connectivity index is 1.60. The molecule has 1 heterocycles. The highest BCUT2D eigenvalue weighted by Crippen LogP contribution is 2.24. The maximum absolute atomic E-state index is 12.4. The van der Waals surface area contributed by atoms with Crippen LogP contribution in [0.15, 0.2) is 23.2 Å². The maximum Gasteiger partial charge on any atom is 0.326 e. The number of carbonyl (C=O) groups excluding carboxylic acids is 1. The van der Waals surface area contributed by atoms with E-state index in [9.17, 15) is 14.7 Å². The third-order valence-electron chi connectivity index (χ3n) is 4.93. The summed E-state index contributed by atoms with van der Waals surface area (Å²) in [6.45, 7) is 3.54. The number of aliphatic imine (C=N–C) groups is 1. The van der Waals surface area contributed by atoms with Gasteiger partial charge < -0.3 is 21.1 Å². The van der Waals surface area contributed by atoms with E-state index >= 15 is 0 Å². The predicted molar refractivity (Wildman–Crippen MR) is 121 cm³/mol. The van der Waals surface area contributed by atoms with Crippen LogP contribution in [0.1, 0.15) is 55.3 Å². The molecule has 0 unspecified atom stereocenters. The van der Waals surface area contributed by atoms with Gasteiger partial charge in [0.1, 0.15) is 11.9 Å². The Morgan fingerprint density at radius 1 is 1.10 bits per heavy atom. The Bertz CT molecular complexity index is 723. The van der Waals surface area contributed by atoms with Crippen molar-refractivity contribution in [1.29, 1.82) is 0 Å². The zero-order chi connectivity index (χ0) is 21.8. The molecule has 7 nitrogen and oxygen atoms in total. The molecule has 0 aromatic heterocycles. The fraction of sp³-hybridized carbons (Fsp3) is 0.571. The zero-order valence-corrected chi connectivity index (χ0v) is 18.6. The molecule has 30 heavy (non-hydrogen) atoms. The molecular formula is C21H30Cl2N4O3. The Kier molecular flexibility index (Phi) is 11.0. The molecule has 0 aliphatic carbocycles. The SMILES string of the molecule is O=C(N[C@H](CCCCCCCCNC1=NCCNC1)C(=O)O)c1c(Cl)cccc1Cl. The van der Waals surface area contributed by atoms with Crippen molar-refractivity contribution in [3.63, 3.8) is 0 Å². The lowest BCUT2D eigenvalue weighted by atomic mass is 10.0. The van der Waals surface area contributed by atoms with E-state index in [1.54, 1.807) is 18.2 Å². The number of nitrogens with one attached hydrogen (secondary N) is 3. The largest absolute Gasteiger partial charge is 0.480 e. The van der Waals surface area contributed by atoms with Crippen LogP contribution >= 0.6 is 23.2 Å². The molecule has 0 spiro atoms. The van der Waals surface area contributed by atoms with E-state index in [4.69, 9.17) is 23.2 Å². The summed E-state index contributed by atoms with van der Waals surface area (Å²) in [7, 11) is 0. The monoisotopic (exact) mass is 456 g/mol. The smallest absolute Gasteiger partial charge is 0.326 e. The van der Waals surface area contributed by atoms with Gasteiger partial charge in [-0.05, 0) is 25.0 Å². The maximum atomic E-state index is 12.4. The predicted octanol–water partition coefficient (Wildman–Crippen LogP) is 3.50. The fourth-order valence-corrected chi connectivity index (χ4v) is 3.84. The van der Waals surface area contributed by atoms with Gasteiger partial charge in [0.15, 0.2) is 0 Å². The Morgan fingerprint density at radius 2 is 1.77 bits per heavy atom. The van der Waals surface area contributed by atoms with Crippen molar-refractivity contribution in [2.75, 3.05) is 26.2 Å². The van der Waals surface area contributed by atoms with Crippen molar-refractivity contribution < 1.29 is 14.7 Å². The van der Waals surface area contributed by atoms with Gasteiger partial charge in [-0.2, -0.15) is 0 Å². The van der Waals surface area contributed by atoms with E-state index in [0.29, 0.717) is 6.42 Å². The van der Waals surface area contributed by atoms with Crippen LogP contribution in [0.25, 0.3) is 0 Å². The van der Waals surface area contributed by atoms with Crippen LogP contribution in [-0.4, -0.2) is 55.0 Å². The molecule has 9 heteroatoms. The number of carbonyl (C=O) groups is 2. The number of rotatable bonds is 12. The summed E-state index contributed by atoms with van der Waals surface area (Å²) in [6, 6.07) is 3.77. The molecule has 1 amide bonds. The van der Waals surface area contributed by atoms with Crippen LogP contribution in [0.3, 0.4) is 0 Å². The quantitative estimate of drug-likeness (QED) is 0.360. The van der Waals surface area contributed by atoms with Crippen LogP contribution < -0.4 is 16.0 Å². The minimum atomic E-state index is -1.06. The molecule has 0 bridgehead atoms. The zero-order valence-electron chi connectivity index (χ0n) is 17.1. The summed E-state index contributed by atoms with van der Waals surface area (Å²) in [5, 5.41) is 19.0. The number of benzene rings is 1. The summed E-state index contributed by atoms with van der Waals surface area (Å²) in [4.78, 5) is 28.3. The second kappa shape index (κ2) is 13.5. The van der Waals surface area contributed by atoms with Gasteiger partial charge in [-0.3, -0.25) is 9.79 Å². The molecule has 2 rings (SSSR count). The van der Waals surface area contributed by atoms with E-state index < -0.39 is 17.9 Å². The van der Waals surface area contributed by atoms with Crippen molar-refractivity contribution in [2.24, 2.45) is 4.99 Å². The summed E-state index contributed by atoms with van der Waals surface area (Å²) in [5.74, 6) is -0.581. The molecule has 1 aliphatic rings. The van der Waals surface area contributed by atoms with Crippen molar-refractivity contribution in [2.45, 2.75) is 51.0 Å². The molecule has 1 aromatic rings. The van der Waals surface area contributed by atoms with E-state index in [0.717, 1.165) is 70.5 Å². The van der Waals surface area contributed by atoms with Crippen LogP contribution in [-0.2, 0) is 4.79 Å².